The molecule has 0 amide bonds. The average Bonchev–Trinajstić information content (AvgIpc) is 2.39. The fourth-order valence-corrected chi connectivity index (χ4v) is 2.40. The van der Waals surface area contributed by atoms with Crippen LogP contribution >= 0.6 is 11.6 Å². The highest BCUT2D eigenvalue weighted by Gasteiger charge is 2.29. The van der Waals surface area contributed by atoms with Gasteiger partial charge >= 0.3 is 0 Å². The van der Waals surface area contributed by atoms with Crippen molar-refractivity contribution in [2.45, 2.75) is 5.92 Å². The zero-order valence-electron chi connectivity index (χ0n) is 9.60. The minimum atomic E-state index is -0.265. The Balaban J connectivity index is 2.00. The van der Waals surface area contributed by atoms with E-state index in [4.69, 9.17) is 16.3 Å². The van der Waals surface area contributed by atoms with E-state index in [1.165, 1.54) is 0 Å². The van der Waals surface area contributed by atoms with E-state index >= 15 is 0 Å². The molecule has 1 aliphatic heterocycles. The lowest BCUT2D eigenvalue weighted by atomic mass is 9.89. The molecule has 0 spiro atoms. The Bertz CT molecular complexity index is 607. The molecule has 2 nitrogen and oxygen atoms in total. The SMILES string of the molecule is O=C1c2ccccc2OCC1c1cccc(Cl)c1. The first-order chi connectivity index (χ1) is 8.75. The Hall–Kier alpha value is -1.80. The molecular formula is C15H11ClO2. The van der Waals surface area contributed by atoms with Crippen molar-refractivity contribution in [2.75, 3.05) is 6.61 Å². The van der Waals surface area contributed by atoms with E-state index in [1.54, 1.807) is 12.1 Å². The van der Waals surface area contributed by atoms with Crippen molar-refractivity contribution < 1.29 is 9.53 Å². The number of Topliss-reactive ketones (excluding diaryl/α,β-unsaturated/α-hetero) is 1. The largest absolute Gasteiger partial charge is 0.492 e. The summed E-state index contributed by atoms with van der Waals surface area (Å²) < 4.78 is 5.64. The molecule has 0 aliphatic carbocycles. The molecule has 1 atom stereocenters. The molecule has 3 heteroatoms. The molecule has 1 heterocycles. The summed E-state index contributed by atoms with van der Waals surface area (Å²) in [7, 11) is 0. The Morgan fingerprint density at radius 3 is 2.78 bits per heavy atom. The van der Waals surface area contributed by atoms with Crippen LogP contribution in [0.1, 0.15) is 21.8 Å². The van der Waals surface area contributed by atoms with Gasteiger partial charge in [0.15, 0.2) is 5.78 Å². The maximum absolute atomic E-state index is 12.4. The first kappa shape index (κ1) is 11.3. The van der Waals surface area contributed by atoms with Gasteiger partial charge in [-0.15, -0.1) is 0 Å². The van der Waals surface area contributed by atoms with Crippen LogP contribution in [0.2, 0.25) is 5.02 Å². The summed E-state index contributed by atoms with van der Waals surface area (Å²) >= 11 is 5.96. The van der Waals surface area contributed by atoms with Gasteiger partial charge in [0, 0.05) is 5.02 Å². The van der Waals surface area contributed by atoms with Gasteiger partial charge in [0.2, 0.25) is 0 Å². The van der Waals surface area contributed by atoms with Gasteiger partial charge in [-0.2, -0.15) is 0 Å². The zero-order chi connectivity index (χ0) is 12.5. The lowest BCUT2D eigenvalue weighted by Gasteiger charge is -2.24. The van der Waals surface area contributed by atoms with Crippen molar-refractivity contribution in [3.8, 4) is 5.75 Å². The Labute approximate surface area is 110 Å². The number of hydrogen-bond donors (Lipinski definition) is 0. The monoisotopic (exact) mass is 258 g/mol. The highest BCUT2D eigenvalue weighted by atomic mass is 35.5. The smallest absolute Gasteiger partial charge is 0.177 e. The maximum Gasteiger partial charge on any atom is 0.177 e. The summed E-state index contributed by atoms with van der Waals surface area (Å²) in [5, 5.41) is 0.638. The third kappa shape index (κ3) is 1.89. The predicted molar refractivity (Wildman–Crippen MR) is 70.5 cm³/mol. The zero-order valence-corrected chi connectivity index (χ0v) is 10.4. The second-order valence-electron chi connectivity index (χ2n) is 4.28. The van der Waals surface area contributed by atoms with E-state index in [1.807, 2.05) is 36.4 Å². The van der Waals surface area contributed by atoms with Gasteiger partial charge in [0.1, 0.15) is 12.4 Å². The Morgan fingerprint density at radius 1 is 1.11 bits per heavy atom. The molecule has 3 rings (SSSR count). The molecule has 2 aromatic rings. The molecule has 2 aromatic carbocycles. The van der Waals surface area contributed by atoms with E-state index in [9.17, 15) is 4.79 Å². The number of carbonyl (C=O) groups is 1. The predicted octanol–water partition coefficient (Wildman–Crippen LogP) is 3.70. The Kier molecular flexibility index (Phi) is 2.80. The van der Waals surface area contributed by atoms with E-state index in [-0.39, 0.29) is 11.7 Å². The molecule has 0 bridgehead atoms. The maximum atomic E-state index is 12.4. The minimum absolute atomic E-state index is 0.0964. The van der Waals surface area contributed by atoms with Crippen LogP contribution in [-0.2, 0) is 0 Å². The van der Waals surface area contributed by atoms with Gasteiger partial charge in [0.05, 0.1) is 11.5 Å². The van der Waals surface area contributed by atoms with E-state index in [0.29, 0.717) is 22.9 Å². The van der Waals surface area contributed by atoms with Gasteiger partial charge in [-0.25, -0.2) is 0 Å². The summed E-state index contributed by atoms with van der Waals surface area (Å²) in [6.45, 7) is 0.371. The fraction of sp³-hybridized carbons (Fsp3) is 0.133. The van der Waals surface area contributed by atoms with Crippen molar-refractivity contribution in [2.24, 2.45) is 0 Å². The number of ether oxygens (including phenoxy) is 1. The lowest BCUT2D eigenvalue weighted by molar-refractivity contribution is 0.0896. The van der Waals surface area contributed by atoms with Crippen LogP contribution in [0.4, 0.5) is 0 Å². The third-order valence-corrected chi connectivity index (χ3v) is 3.36. The number of ketones is 1. The summed E-state index contributed by atoms with van der Waals surface area (Å²) in [5.41, 5.74) is 1.55. The molecule has 0 saturated carbocycles. The molecule has 0 radical (unpaired) electrons. The molecule has 0 saturated heterocycles. The molecule has 1 unspecified atom stereocenters. The van der Waals surface area contributed by atoms with Gasteiger partial charge in [-0.3, -0.25) is 4.79 Å². The van der Waals surface area contributed by atoms with Crippen LogP contribution < -0.4 is 4.74 Å². The highest BCUT2D eigenvalue weighted by molar-refractivity contribution is 6.30. The van der Waals surface area contributed by atoms with Crippen molar-refractivity contribution >= 4 is 17.4 Å². The third-order valence-electron chi connectivity index (χ3n) is 3.13. The fourth-order valence-electron chi connectivity index (χ4n) is 2.20. The number of fused-ring (bicyclic) bond motifs is 1. The number of para-hydroxylation sites is 1. The quantitative estimate of drug-likeness (QED) is 0.780. The van der Waals surface area contributed by atoms with Gasteiger partial charge < -0.3 is 4.74 Å². The number of halogens is 1. The first-order valence-electron chi connectivity index (χ1n) is 5.77. The molecule has 18 heavy (non-hydrogen) atoms. The van der Waals surface area contributed by atoms with E-state index < -0.39 is 0 Å². The van der Waals surface area contributed by atoms with Crippen molar-refractivity contribution in [3.63, 3.8) is 0 Å². The summed E-state index contributed by atoms with van der Waals surface area (Å²) in [5.74, 6) is 0.499. The summed E-state index contributed by atoms with van der Waals surface area (Å²) in [4.78, 5) is 12.4. The molecule has 1 aliphatic rings. The van der Waals surface area contributed by atoms with Crippen molar-refractivity contribution in [1.82, 2.24) is 0 Å². The first-order valence-corrected chi connectivity index (χ1v) is 6.15. The topological polar surface area (TPSA) is 26.3 Å². The molecular weight excluding hydrogens is 248 g/mol. The molecule has 0 N–H and O–H groups in total. The minimum Gasteiger partial charge on any atom is -0.492 e. The van der Waals surface area contributed by atoms with Crippen LogP contribution in [0.5, 0.6) is 5.75 Å². The van der Waals surface area contributed by atoms with Crippen LogP contribution in [0.15, 0.2) is 48.5 Å². The van der Waals surface area contributed by atoms with Crippen LogP contribution in [-0.4, -0.2) is 12.4 Å². The number of carbonyl (C=O) groups excluding carboxylic acids is 1. The second kappa shape index (κ2) is 4.46. The number of benzene rings is 2. The van der Waals surface area contributed by atoms with Gasteiger partial charge in [-0.1, -0.05) is 35.9 Å². The summed E-state index contributed by atoms with van der Waals surface area (Å²) in [6, 6.07) is 14.7. The van der Waals surface area contributed by atoms with Gasteiger partial charge in [0.25, 0.3) is 0 Å². The van der Waals surface area contributed by atoms with E-state index in [2.05, 4.69) is 0 Å². The molecule has 0 fully saturated rings. The van der Waals surface area contributed by atoms with Crippen LogP contribution in [0, 0.1) is 0 Å². The second-order valence-corrected chi connectivity index (χ2v) is 4.72. The lowest BCUT2D eigenvalue weighted by Crippen LogP contribution is -2.25. The van der Waals surface area contributed by atoms with E-state index in [0.717, 1.165) is 5.56 Å². The molecule has 0 aromatic heterocycles. The highest BCUT2D eigenvalue weighted by Crippen LogP contribution is 2.32. The van der Waals surface area contributed by atoms with Crippen LogP contribution in [0.3, 0.4) is 0 Å². The number of rotatable bonds is 1. The van der Waals surface area contributed by atoms with Gasteiger partial charge in [-0.05, 0) is 29.8 Å². The van der Waals surface area contributed by atoms with Crippen molar-refractivity contribution in [1.29, 1.82) is 0 Å². The van der Waals surface area contributed by atoms with Crippen molar-refractivity contribution in [3.05, 3.63) is 64.7 Å². The molecule has 90 valence electrons. The average molecular weight is 259 g/mol. The standard InChI is InChI=1S/C15H11ClO2/c16-11-5-3-4-10(8-11)13-9-18-14-7-2-1-6-12(14)15(13)17/h1-8,13H,9H2. The number of hydrogen-bond acceptors (Lipinski definition) is 2. The normalized spacial score (nSPS) is 18.1. The Morgan fingerprint density at radius 2 is 1.94 bits per heavy atom. The van der Waals surface area contributed by atoms with Crippen LogP contribution in [0.25, 0.3) is 0 Å². The summed E-state index contributed by atoms with van der Waals surface area (Å²) in [6.07, 6.45) is 0.